The molecule has 4 nitrogen and oxygen atoms in total. The van der Waals surface area contributed by atoms with Crippen LogP contribution in [0.2, 0.25) is 0 Å². The maximum Gasteiger partial charge on any atom is 0.331 e. The summed E-state index contributed by atoms with van der Waals surface area (Å²) in [4.78, 5) is 17.5. The van der Waals surface area contributed by atoms with Crippen molar-refractivity contribution < 1.29 is 14.3 Å². The maximum atomic E-state index is 12.8. The van der Waals surface area contributed by atoms with Crippen molar-refractivity contribution in [3.8, 4) is 5.75 Å². The minimum atomic E-state index is -0.620. The number of nitrogens with zero attached hydrogens (tertiary/aromatic N) is 1. The van der Waals surface area contributed by atoms with E-state index >= 15 is 0 Å². The first-order valence-electron chi connectivity index (χ1n) is 8.84. The zero-order valence-electron chi connectivity index (χ0n) is 16.5. The Morgan fingerprint density at radius 1 is 1.11 bits per heavy atom. The second-order valence-electron chi connectivity index (χ2n) is 7.29. The van der Waals surface area contributed by atoms with Gasteiger partial charge in [0, 0.05) is 16.6 Å². The number of carbonyl (C=O) groups excluding carboxylic acids is 1. The highest BCUT2D eigenvalue weighted by Gasteiger charge is 2.26. The Hall–Kier alpha value is -2.14. The molecule has 2 aromatic carbocycles. The molecule has 0 saturated heterocycles. The first-order valence-corrected chi connectivity index (χ1v) is 9.64. The van der Waals surface area contributed by atoms with E-state index < -0.39 is 11.6 Å². The minimum absolute atomic E-state index is 0.328. The summed E-state index contributed by atoms with van der Waals surface area (Å²) in [6.45, 7) is 7.49. The Morgan fingerprint density at radius 3 is 2.30 bits per heavy atom. The van der Waals surface area contributed by atoms with Crippen LogP contribution in [-0.2, 0) is 16.0 Å². The van der Waals surface area contributed by atoms with Gasteiger partial charge in [-0.05, 0) is 69.2 Å². The highest BCUT2D eigenvalue weighted by Crippen LogP contribution is 2.21. The van der Waals surface area contributed by atoms with Crippen LogP contribution in [0.25, 0.3) is 0 Å². The zero-order chi connectivity index (χ0) is 20.0. The molecule has 0 radical (unpaired) electrons. The van der Waals surface area contributed by atoms with Gasteiger partial charge in [-0.1, -0.05) is 34.1 Å². The Balaban J connectivity index is 2.32. The van der Waals surface area contributed by atoms with E-state index in [9.17, 15) is 4.79 Å². The predicted octanol–water partition coefficient (Wildman–Crippen LogP) is 5.22. The summed E-state index contributed by atoms with van der Waals surface area (Å²) in [5.74, 6) is 0.453. The quantitative estimate of drug-likeness (QED) is 0.465. The normalized spacial score (nSPS) is 13.2. The molecule has 5 heteroatoms. The Labute approximate surface area is 169 Å². The number of aliphatic imine (C=N–C) groups is 1. The molecule has 0 aliphatic heterocycles. The van der Waals surface area contributed by atoms with Crippen LogP contribution in [0, 0.1) is 0 Å². The van der Waals surface area contributed by atoms with Crippen molar-refractivity contribution in [3.05, 3.63) is 64.1 Å². The second kappa shape index (κ2) is 9.18. The van der Waals surface area contributed by atoms with Gasteiger partial charge in [0.2, 0.25) is 0 Å². The highest BCUT2D eigenvalue weighted by molar-refractivity contribution is 9.10. The molecule has 0 N–H and O–H groups in total. The predicted molar refractivity (Wildman–Crippen MR) is 113 cm³/mol. The van der Waals surface area contributed by atoms with Crippen molar-refractivity contribution in [2.45, 2.75) is 45.8 Å². The Bertz CT molecular complexity index is 807. The monoisotopic (exact) mass is 431 g/mol. The number of hydrogen-bond acceptors (Lipinski definition) is 4. The molecule has 144 valence electrons. The summed E-state index contributed by atoms with van der Waals surface area (Å²) in [5, 5.41) is 0. The molecule has 0 fully saturated rings. The number of hydrogen-bond donors (Lipinski definition) is 0. The van der Waals surface area contributed by atoms with Crippen molar-refractivity contribution >= 4 is 27.6 Å². The molecule has 0 aliphatic rings. The molecule has 2 rings (SSSR count). The highest BCUT2D eigenvalue weighted by atomic mass is 79.9. The van der Waals surface area contributed by atoms with Gasteiger partial charge in [0.15, 0.2) is 6.04 Å². The van der Waals surface area contributed by atoms with E-state index in [0.717, 1.165) is 27.1 Å². The van der Waals surface area contributed by atoms with Gasteiger partial charge in [0.25, 0.3) is 0 Å². The van der Waals surface area contributed by atoms with E-state index in [0.29, 0.717) is 6.42 Å². The number of ether oxygens (including phenoxy) is 2. The van der Waals surface area contributed by atoms with Gasteiger partial charge in [-0.3, -0.25) is 4.99 Å². The van der Waals surface area contributed by atoms with Crippen LogP contribution in [0.5, 0.6) is 5.75 Å². The van der Waals surface area contributed by atoms with Crippen LogP contribution in [0.4, 0.5) is 0 Å². The fourth-order valence-electron chi connectivity index (χ4n) is 2.56. The molecule has 1 atom stereocenters. The molecule has 0 unspecified atom stereocenters. The Morgan fingerprint density at radius 2 is 1.74 bits per heavy atom. The third kappa shape index (κ3) is 6.51. The fourth-order valence-corrected chi connectivity index (χ4v) is 3.01. The average Bonchev–Trinajstić information content (AvgIpc) is 2.61. The van der Waals surface area contributed by atoms with Gasteiger partial charge in [0.05, 0.1) is 7.11 Å². The summed E-state index contributed by atoms with van der Waals surface area (Å²) in [6.07, 6.45) is 0.462. The molecule has 27 heavy (non-hydrogen) atoms. The first kappa shape index (κ1) is 21.2. The van der Waals surface area contributed by atoms with E-state index in [1.54, 1.807) is 7.11 Å². The number of carbonyl (C=O) groups is 1. The van der Waals surface area contributed by atoms with Gasteiger partial charge in [-0.25, -0.2) is 4.79 Å². The standard InChI is InChI=1S/C22H26BrNO3/c1-15(16-10-12-18(26-5)13-11-16)24-20(21(25)27-22(2,3)4)14-17-8-6-7-9-19(17)23/h6-13,20H,14H2,1-5H3/t20-/m0/s1. The van der Waals surface area contributed by atoms with Crippen LogP contribution in [-0.4, -0.2) is 30.4 Å². The second-order valence-corrected chi connectivity index (χ2v) is 8.14. The van der Waals surface area contributed by atoms with Crippen molar-refractivity contribution in [1.29, 1.82) is 0 Å². The van der Waals surface area contributed by atoms with E-state index in [2.05, 4.69) is 15.9 Å². The van der Waals surface area contributed by atoms with E-state index in [1.807, 2.05) is 76.2 Å². The summed E-state index contributed by atoms with van der Waals surface area (Å²) >= 11 is 3.55. The number of methoxy groups -OCH3 is 1. The lowest BCUT2D eigenvalue weighted by molar-refractivity contribution is -0.156. The summed E-state index contributed by atoms with van der Waals surface area (Å²) in [7, 11) is 1.63. The van der Waals surface area contributed by atoms with Gasteiger partial charge in [0.1, 0.15) is 11.4 Å². The van der Waals surface area contributed by atoms with Crippen LogP contribution in [0.1, 0.15) is 38.8 Å². The van der Waals surface area contributed by atoms with Gasteiger partial charge in [-0.15, -0.1) is 0 Å². The lowest BCUT2D eigenvalue weighted by Gasteiger charge is -2.23. The smallest absolute Gasteiger partial charge is 0.331 e. The lowest BCUT2D eigenvalue weighted by atomic mass is 10.0. The summed E-state index contributed by atoms with van der Waals surface area (Å²) in [6, 6.07) is 14.8. The molecule has 0 heterocycles. The molecule has 0 bridgehead atoms. The Kier molecular flexibility index (Phi) is 7.19. The van der Waals surface area contributed by atoms with Crippen molar-refractivity contribution in [2.75, 3.05) is 7.11 Å². The van der Waals surface area contributed by atoms with Crippen LogP contribution in [0.3, 0.4) is 0 Å². The zero-order valence-corrected chi connectivity index (χ0v) is 18.0. The van der Waals surface area contributed by atoms with Gasteiger partial charge < -0.3 is 9.47 Å². The molecule has 0 aliphatic carbocycles. The van der Waals surface area contributed by atoms with Gasteiger partial charge in [-0.2, -0.15) is 0 Å². The molecule has 0 spiro atoms. The SMILES string of the molecule is COc1ccc(C(C)=N[C@@H](Cc2ccccc2Br)C(=O)OC(C)(C)C)cc1. The van der Waals surface area contributed by atoms with Crippen LogP contribution in [0.15, 0.2) is 58.0 Å². The minimum Gasteiger partial charge on any atom is -0.497 e. The molecule has 0 amide bonds. The molecular weight excluding hydrogens is 406 g/mol. The van der Waals surface area contributed by atoms with Gasteiger partial charge >= 0.3 is 5.97 Å². The summed E-state index contributed by atoms with van der Waals surface area (Å²) < 4.78 is 11.8. The molecule has 0 saturated carbocycles. The number of esters is 1. The summed E-state index contributed by atoms with van der Waals surface area (Å²) in [5.41, 5.74) is 2.17. The largest absolute Gasteiger partial charge is 0.497 e. The number of halogens is 1. The number of rotatable bonds is 6. The first-order chi connectivity index (χ1) is 12.7. The van der Waals surface area contributed by atoms with Crippen molar-refractivity contribution in [3.63, 3.8) is 0 Å². The van der Waals surface area contributed by atoms with Crippen LogP contribution < -0.4 is 4.74 Å². The number of benzene rings is 2. The van der Waals surface area contributed by atoms with E-state index in [-0.39, 0.29) is 5.97 Å². The van der Waals surface area contributed by atoms with E-state index in [4.69, 9.17) is 14.5 Å². The molecular formula is C22H26BrNO3. The third-order valence-electron chi connectivity index (χ3n) is 3.91. The van der Waals surface area contributed by atoms with Crippen LogP contribution >= 0.6 is 15.9 Å². The van der Waals surface area contributed by atoms with E-state index in [1.165, 1.54) is 0 Å². The lowest BCUT2D eigenvalue weighted by Crippen LogP contribution is -2.32. The molecule has 2 aromatic rings. The maximum absolute atomic E-state index is 12.8. The average molecular weight is 432 g/mol. The molecule has 0 aromatic heterocycles. The van der Waals surface area contributed by atoms with Crippen molar-refractivity contribution in [2.24, 2.45) is 4.99 Å². The third-order valence-corrected chi connectivity index (χ3v) is 4.68. The fraction of sp³-hybridized carbons (Fsp3) is 0.364. The van der Waals surface area contributed by atoms with Crippen molar-refractivity contribution in [1.82, 2.24) is 0 Å². The topological polar surface area (TPSA) is 47.9 Å².